The number of imide groups is 1. The number of carbonyl (C=O) groups excluding carboxylic acids is 2. The molecule has 0 N–H and O–H groups in total. The number of benzene rings is 1. The third kappa shape index (κ3) is 2.68. The SMILES string of the molecule is CCN1C(=O)S/C(=C\c2ccc(Cl)c([N+](=O)[O-])c2)C1=O. The maximum Gasteiger partial charge on any atom is 0.293 e. The van der Waals surface area contributed by atoms with Gasteiger partial charge >= 0.3 is 0 Å². The summed E-state index contributed by atoms with van der Waals surface area (Å²) in [6.45, 7) is 2.00. The minimum absolute atomic E-state index is 0.0220. The van der Waals surface area contributed by atoms with Gasteiger partial charge < -0.3 is 0 Å². The first-order chi connectivity index (χ1) is 9.43. The fraction of sp³-hybridized carbons (Fsp3) is 0.167. The van der Waals surface area contributed by atoms with Crippen LogP contribution in [-0.4, -0.2) is 27.5 Å². The quantitative estimate of drug-likeness (QED) is 0.486. The van der Waals surface area contributed by atoms with Gasteiger partial charge in [-0.25, -0.2) is 0 Å². The van der Waals surface area contributed by atoms with Crippen LogP contribution >= 0.6 is 23.4 Å². The molecule has 0 saturated carbocycles. The van der Waals surface area contributed by atoms with Crippen LogP contribution in [0.4, 0.5) is 10.5 Å². The zero-order valence-electron chi connectivity index (χ0n) is 10.3. The molecule has 0 aliphatic carbocycles. The van der Waals surface area contributed by atoms with E-state index in [1.54, 1.807) is 13.0 Å². The molecule has 1 aromatic rings. The number of nitrogens with zero attached hydrogens (tertiary/aromatic N) is 2. The Kier molecular flexibility index (Phi) is 4.10. The van der Waals surface area contributed by atoms with E-state index in [0.29, 0.717) is 12.1 Å². The highest BCUT2D eigenvalue weighted by Crippen LogP contribution is 2.33. The summed E-state index contributed by atoms with van der Waals surface area (Å²) in [7, 11) is 0. The van der Waals surface area contributed by atoms with Gasteiger partial charge in [-0.1, -0.05) is 17.7 Å². The molecule has 1 aliphatic heterocycles. The zero-order chi connectivity index (χ0) is 14.9. The number of rotatable bonds is 3. The number of hydrogen-bond acceptors (Lipinski definition) is 5. The standard InChI is InChI=1S/C12H9ClN2O4S/c1-2-14-11(16)10(20-12(14)17)6-7-3-4-8(13)9(5-7)15(18)19/h3-6H,2H2,1H3/b10-6-. The summed E-state index contributed by atoms with van der Waals surface area (Å²) in [5.74, 6) is -0.389. The number of nitro benzene ring substituents is 1. The second-order valence-electron chi connectivity index (χ2n) is 3.89. The topological polar surface area (TPSA) is 80.5 Å². The number of halogens is 1. The van der Waals surface area contributed by atoms with Crippen LogP contribution in [-0.2, 0) is 4.79 Å². The molecule has 1 saturated heterocycles. The maximum absolute atomic E-state index is 11.9. The first kappa shape index (κ1) is 14.5. The van der Waals surface area contributed by atoms with E-state index in [4.69, 9.17) is 11.6 Å². The molecule has 8 heteroatoms. The van der Waals surface area contributed by atoms with E-state index in [1.165, 1.54) is 18.2 Å². The zero-order valence-corrected chi connectivity index (χ0v) is 11.9. The fourth-order valence-electron chi connectivity index (χ4n) is 1.68. The van der Waals surface area contributed by atoms with Crippen molar-refractivity contribution in [2.75, 3.05) is 6.54 Å². The van der Waals surface area contributed by atoms with E-state index in [0.717, 1.165) is 16.7 Å². The average molecular weight is 313 g/mol. The van der Waals surface area contributed by atoms with E-state index >= 15 is 0 Å². The summed E-state index contributed by atoms with van der Waals surface area (Å²) in [5.41, 5.74) is 0.206. The second kappa shape index (κ2) is 5.64. The monoisotopic (exact) mass is 312 g/mol. The highest BCUT2D eigenvalue weighted by atomic mass is 35.5. The van der Waals surface area contributed by atoms with Crippen LogP contribution in [0.1, 0.15) is 12.5 Å². The number of likely N-dealkylation sites (N-methyl/N-ethyl adjacent to an activating group) is 1. The molecule has 6 nitrogen and oxygen atoms in total. The average Bonchev–Trinajstić information content (AvgIpc) is 2.66. The molecule has 0 unspecified atom stereocenters. The fourth-order valence-corrected chi connectivity index (χ4v) is 2.77. The van der Waals surface area contributed by atoms with Gasteiger partial charge in [0.1, 0.15) is 5.02 Å². The van der Waals surface area contributed by atoms with Gasteiger partial charge in [0.25, 0.3) is 16.8 Å². The van der Waals surface area contributed by atoms with E-state index in [2.05, 4.69) is 0 Å². The Morgan fingerprint density at radius 3 is 2.70 bits per heavy atom. The lowest BCUT2D eigenvalue weighted by Crippen LogP contribution is -2.27. The number of hydrogen-bond donors (Lipinski definition) is 0. The van der Waals surface area contributed by atoms with Crippen LogP contribution in [0, 0.1) is 10.1 Å². The van der Waals surface area contributed by atoms with Gasteiger partial charge in [-0.05, 0) is 36.4 Å². The summed E-state index contributed by atoms with van der Waals surface area (Å²) in [5, 5.41) is 10.5. The molecule has 2 rings (SSSR count). The Hall–Kier alpha value is -1.86. The van der Waals surface area contributed by atoms with Gasteiger partial charge in [-0.2, -0.15) is 0 Å². The molecule has 1 aromatic carbocycles. The predicted molar refractivity (Wildman–Crippen MR) is 76.5 cm³/mol. The number of amides is 2. The van der Waals surface area contributed by atoms with E-state index < -0.39 is 4.92 Å². The molecule has 1 fully saturated rings. The van der Waals surface area contributed by atoms with Gasteiger partial charge in [-0.3, -0.25) is 24.6 Å². The summed E-state index contributed by atoms with van der Waals surface area (Å²) < 4.78 is 0. The third-order valence-corrected chi connectivity index (χ3v) is 3.88. The van der Waals surface area contributed by atoms with Crippen LogP contribution < -0.4 is 0 Å². The van der Waals surface area contributed by atoms with Crippen LogP contribution in [0.25, 0.3) is 6.08 Å². The Balaban J connectivity index is 2.37. The van der Waals surface area contributed by atoms with E-state index in [9.17, 15) is 19.7 Å². The normalized spacial score (nSPS) is 17.1. The van der Waals surface area contributed by atoms with E-state index in [1.807, 2.05) is 0 Å². The summed E-state index contributed by atoms with van der Waals surface area (Å²) in [4.78, 5) is 35.0. The number of nitro groups is 1. The first-order valence-corrected chi connectivity index (χ1v) is 6.82. The molecule has 0 radical (unpaired) electrons. The Morgan fingerprint density at radius 2 is 2.15 bits per heavy atom. The number of thioether (sulfide) groups is 1. The summed E-state index contributed by atoms with van der Waals surface area (Å²) in [6.07, 6.45) is 1.45. The lowest BCUT2D eigenvalue weighted by Gasteiger charge is -2.06. The third-order valence-electron chi connectivity index (χ3n) is 2.65. The highest BCUT2D eigenvalue weighted by Gasteiger charge is 2.33. The smallest absolute Gasteiger partial charge is 0.269 e. The first-order valence-electron chi connectivity index (χ1n) is 5.63. The Labute approximate surface area is 123 Å². The van der Waals surface area contributed by atoms with Crippen molar-refractivity contribution in [1.82, 2.24) is 4.90 Å². The summed E-state index contributed by atoms with van der Waals surface area (Å²) in [6, 6.07) is 4.20. The molecule has 0 spiro atoms. The molecule has 104 valence electrons. The van der Waals surface area contributed by atoms with Crippen LogP contribution in [0.2, 0.25) is 5.02 Å². The summed E-state index contributed by atoms with van der Waals surface area (Å²) >= 11 is 6.52. The molecule has 1 heterocycles. The molecule has 20 heavy (non-hydrogen) atoms. The Morgan fingerprint density at radius 1 is 1.45 bits per heavy atom. The van der Waals surface area contributed by atoms with Crippen molar-refractivity contribution in [3.8, 4) is 0 Å². The van der Waals surface area contributed by atoms with Crippen LogP contribution in [0.15, 0.2) is 23.1 Å². The van der Waals surface area contributed by atoms with Gasteiger partial charge in [0.05, 0.1) is 9.83 Å². The van der Waals surface area contributed by atoms with Crippen molar-refractivity contribution in [3.63, 3.8) is 0 Å². The van der Waals surface area contributed by atoms with Gasteiger partial charge in [0.15, 0.2) is 0 Å². The van der Waals surface area contributed by atoms with Crippen molar-refractivity contribution in [2.24, 2.45) is 0 Å². The van der Waals surface area contributed by atoms with Crippen molar-refractivity contribution < 1.29 is 14.5 Å². The van der Waals surface area contributed by atoms with E-state index in [-0.39, 0.29) is 26.8 Å². The molecule has 1 aliphatic rings. The minimum atomic E-state index is -0.600. The van der Waals surface area contributed by atoms with Crippen molar-refractivity contribution in [1.29, 1.82) is 0 Å². The largest absolute Gasteiger partial charge is 0.293 e. The van der Waals surface area contributed by atoms with Crippen LogP contribution in [0.5, 0.6) is 0 Å². The maximum atomic E-state index is 11.9. The van der Waals surface area contributed by atoms with Crippen molar-refractivity contribution in [2.45, 2.75) is 6.92 Å². The minimum Gasteiger partial charge on any atom is -0.269 e. The van der Waals surface area contributed by atoms with Crippen molar-refractivity contribution in [3.05, 3.63) is 43.8 Å². The molecule has 2 amide bonds. The van der Waals surface area contributed by atoms with Gasteiger partial charge in [0.2, 0.25) is 0 Å². The van der Waals surface area contributed by atoms with Gasteiger partial charge in [0, 0.05) is 12.6 Å². The molecular formula is C12H9ClN2O4S. The Bertz CT molecular complexity index is 644. The number of carbonyl (C=O) groups is 2. The second-order valence-corrected chi connectivity index (χ2v) is 5.29. The lowest BCUT2D eigenvalue weighted by atomic mass is 10.2. The molecule has 0 aromatic heterocycles. The molecule has 0 bridgehead atoms. The van der Waals surface area contributed by atoms with Crippen LogP contribution in [0.3, 0.4) is 0 Å². The van der Waals surface area contributed by atoms with Crippen molar-refractivity contribution >= 4 is 46.3 Å². The predicted octanol–water partition coefficient (Wildman–Crippen LogP) is 3.30. The van der Waals surface area contributed by atoms with Gasteiger partial charge in [-0.15, -0.1) is 0 Å². The lowest BCUT2D eigenvalue weighted by molar-refractivity contribution is -0.384. The molecular weight excluding hydrogens is 304 g/mol. The highest BCUT2D eigenvalue weighted by molar-refractivity contribution is 8.18. The molecule has 0 atom stereocenters.